The summed E-state index contributed by atoms with van der Waals surface area (Å²) in [5.74, 6) is 0. The first-order valence-corrected chi connectivity index (χ1v) is 8.07. The lowest BCUT2D eigenvalue weighted by Gasteiger charge is -2.28. The maximum Gasteiger partial charge on any atom is 0.376 e. The molecule has 2 saturated heterocycles. The normalized spacial score (nSPS) is 24.4. The van der Waals surface area contributed by atoms with E-state index >= 15 is 0 Å². The van der Waals surface area contributed by atoms with Gasteiger partial charge < -0.3 is 14.6 Å². The first-order valence-electron chi connectivity index (χ1n) is 8.07. The van der Waals surface area contributed by atoms with E-state index in [9.17, 15) is 5.02 Å². The number of hydrogen-bond acceptors (Lipinski definition) is 4. The van der Waals surface area contributed by atoms with Gasteiger partial charge in [-0.3, -0.25) is 4.90 Å². The standard InChI is InChI=1S/C16H25BN2O2/c1-17(20)19-7-3-6-16(19)15-5-2-4-14(12-15)13-18-8-10-21-11-9-18/h2,4-5,12,16,20H,3,6-11,13H2,1H3. The van der Waals surface area contributed by atoms with Crippen molar-refractivity contribution in [1.29, 1.82) is 0 Å². The highest BCUT2D eigenvalue weighted by molar-refractivity contribution is 6.45. The van der Waals surface area contributed by atoms with E-state index in [1.165, 1.54) is 17.5 Å². The molecule has 21 heavy (non-hydrogen) atoms. The number of benzene rings is 1. The molecular formula is C16H25BN2O2. The van der Waals surface area contributed by atoms with Crippen LogP contribution in [0.5, 0.6) is 0 Å². The van der Waals surface area contributed by atoms with Crippen molar-refractivity contribution < 1.29 is 9.76 Å². The summed E-state index contributed by atoms with van der Waals surface area (Å²) in [7, 11) is -0.361. The minimum atomic E-state index is -0.361. The number of morpholine rings is 1. The molecule has 114 valence electrons. The lowest BCUT2D eigenvalue weighted by molar-refractivity contribution is 0.0342. The first kappa shape index (κ1) is 15.0. The molecular weight excluding hydrogens is 263 g/mol. The third-order valence-electron chi connectivity index (χ3n) is 4.62. The van der Waals surface area contributed by atoms with Crippen LogP contribution in [0.2, 0.25) is 6.82 Å². The largest absolute Gasteiger partial charge is 0.437 e. The number of hydrogen-bond donors (Lipinski definition) is 1. The highest BCUT2D eigenvalue weighted by Gasteiger charge is 2.30. The third-order valence-corrected chi connectivity index (χ3v) is 4.62. The molecule has 0 aromatic heterocycles. The topological polar surface area (TPSA) is 35.9 Å². The predicted molar refractivity (Wildman–Crippen MR) is 85.1 cm³/mol. The average Bonchev–Trinajstić information content (AvgIpc) is 2.98. The van der Waals surface area contributed by atoms with Crippen LogP contribution in [0.4, 0.5) is 0 Å². The monoisotopic (exact) mass is 288 g/mol. The summed E-state index contributed by atoms with van der Waals surface area (Å²) in [6.45, 7) is 7.60. The highest BCUT2D eigenvalue weighted by Crippen LogP contribution is 2.32. The molecule has 2 fully saturated rings. The van der Waals surface area contributed by atoms with Crippen LogP contribution in [0.3, 0.4) is 0 Å². The molecule has 5 heteroatoms. The summed E-state index contributed by atoms with van der Waals surface area (Å²) < 4.78 is 5.41. The van der Waals surface area contributed by atoms with Crippen molar-refractivity contribution >= 4 is 7.05 Å². The molecule has 0 amide bonds. The van der Waals surface area contributed by atoms with Gasteiger partial charge >= 0.3 is 7.05 Å². The van der Waals surface area contributed by atoms with Crippen LogP contribution >= 0.6 is 0 Å². The van der Waals surface area contributed by atoms with E-state index in [1.807, 2.05) is 6.82 Å². The van der Waals surface area contributed by atoms with E-state index in [0.717, 1.165) is 45.8 Å². The zero-order valence-corrected chi connectivity index (χ0v) is 12.9. The summed E-state index contributed by atoms with van der Waals surface area (Å²) >= 11 is 0. The van der Waals surface area contributed by atoms with Crippen LogP contribution in [0, 0.1) is 0 Å². The van der Waals surface area contributed by atoms with Gasteiger partial charge in [-0.25, -0.2) is 0 Å². The Morgan fingerprint density at radius 2 is 2.10 bits per heavy atom. The van der Waals surface area contributed by atoms with Crippen LogP contribution in [0.25, 0.3) is 0 Å². The molecule has 2 heterocycles. The second-order valence-corrected chi connectivity index (χ2v) is 6.16. The molecule has 2 aliphatic rings. The summed E-state index contributed by atoms with van der Waals surface area (Å²) in [6, 6.07) is 9.26. The molecule has 0 radical (unpaired) electrons. The molecule has 0 aliphatic carbocycles. The van der Waals surface area contributed by atoms with Crippen LogP contribution in [-0.4, -0.2) is 54.6 Å². The molecule has 1 aromatic rings. The van der Waals surface area contributed by atoms with Crippen LogP contribution in [0.1, 0.15) is 30.0 Å². The van der Waals surface area contributed by atoms with Gasteiger partial charge in [0.1, 0.15) is 0 Å². The van der Waals surface area contributed by atoms with Crippen molar-refractivity contribution in [2.24, 2.45) is 0 Å². The van der Waals surface area contributed by atoms with Crippen molar-refractivity contribution in [3.05, 3.63) is 35.4 Å². The zero-order valence-electron chi connectivity index (χ0n) is 12.9. The average molecular weight is 288 g/mol. The fraction of sp³-hybridized carbons (Fsp3) is 0.625. The van der Waals surface area contributed by atoms with Gasteiger partial charge in [0.2, 0.25) is 0 Å². The molecule has 0 saturated carbocycles. The number of ether oxygens (including phenoxy) is 1. The Balaban J connectivity index is 1.70. The molecule has 1 atom stereocenters. The zero-order chi connectivity index (χ0) is 14.7. The lowest BCUT2D eigenvalue weighted by Crippen LogP contribution is -2.36. The smallest absolute Gasteiger partial charge is 0.376 e. The second kappa shape index (κ2) is 6.92. The van der Waals surface area contributed by atoms with E-state index in [1.54, 1.807) is 0 Å². The Labute approximate surface area is 127 Å². The molecule has 0 bridgehead atoms. The molecule has 3 rings (SSSR count). The molecule has 0 spiro atoms. The lowest BCUT2D eigenvalue weighted by atomic mass is 9.83. The van der Waals surface area contributed by atoms with Gasteiger partial charge in [-0.1, -0.05) is 24.3 Å². The molecule has 1 aromatic carbocycles. The van der Waals surface area contributed by atoms with Gasteiger partial charge in [0.25, 0.3) is 0 Å². The van der Waals surface area contributed by atoms with Crippen LogP contribution in [-0.2, 0) is 11.3 Å². The Morgan fingerprint density at radius 3 is 2.86 bits per heavy atom. The number of nitrogens with zero attached hydrogens (tertiary/aromatic N) is 2. The maximum absolute atomic E-state index is 9.92. The van der Waals surface area contributed by atoms with E-state index in [-0.39, 0.29) is 7.05 Å². The summed E-state index contributed by atoms with van der Waals surface area (Å²) in [4.78, 5) is 4.65. The minimum Gasteiger partial charge on any atom is -0.437 e. The van der Waals surface area contributed by atoms with E-state index in [4.69, 9.17) is 4.74 Å². The molecule has 4 nitrogen and oxygen atoms in total. The van der Waals surface area contributed by atoms with Gasteiger partial charge in [0, 0.05) is 25.7 Å². The minimum absolute atomic E-state index is 0.361. The Kier molecular flexibility index (Phi) is 4.96. The highest BCUT2D eigenvalue weighted by atomic mass is 16.5. The maximum atomic E-state index is 9.92. The van der Waals surface area contributed by atoms with E-state index < -0.39 is 0 Å². The summed E-state index contributed by atoms with van der Waals surface area (Å²) in [5.41, 5.74) is 2.71. The van der Waals surface area contributed by atoms with Gasteiger partial charge in [-0.05, 0) is 37.3 Å². The van der Waals surface area contributed by atoms with Gasteiger partial charge in [-0.15, -0.1) is 0 Å². The molecule has 1 unspecified atom stereocenters. The molecule has 1 N–H and O–H groups in total. The first-order chi connectivity index (χ1) is 10.2. The molecule has 2 aliphatic heterocycles. The summed E-state index contributed by atoms with van der Waals surface area (Å²) in [6.07, 6.45) is 2.31. The van der Waals surface area contributed by atoms with Crippen molar-refractivity contribution in [3.63, 3.8) is 0 Å². The quantitative estimate of drug-likeness (QED) is 0.857. The second-order valence-electron chi connectivity index (χ2n) is 6.16. The number of rotatable bonds is 4. The Hall–Kier alpha value is -0.875. The fourth-order valence-corrected chi connectivity index (χ4v) is 3.51. The summed E-state index contributed by atoms with van der Waals surface area (Å²) in [5, 5.41) is 9.92. The van der Waals surface area contributed by atoms with Crippen LogP contribution in [0.15, 0.2) is 24.3 Å². The third kappa shape index (κ3) is 3.66. The fourth-order valence-electron chi connectivity index (χ4n) is 3.51. The van der Waals surface area contributed by atoms with Gasteiger partial charge in [0.05, 0.1) is 13.2 Å². The predicted octanol–water partition coefficient (Wildman–Crippen LogP) is 1.77. The van der Waals surface area contributed by atoms with Crippen molar-refractivity contribution in [2.75, 3.05) is 32.8 Å². The van der Waals surface area contributed by atoms with Crippen molar-refractivity contribution in [3.8, 4) is 0 Å². The van der Waals surface area contributed by atoms with Gasteiger partial charge in [-0.2, -0.15) is 0 Å². The Bertz CT molecular complexity index is 463. The van der Waals surface area contributed by atoms with Gasteiger partial charge in [0.15, 0.2) is 0 Å². The van der Waals surface area contributed by atoms with Crippen molar-refractivity contribution in [2.45, 2.75) is 32.3 Å². The van der Waals surface area contributed by atoms with Crippen LogP contribution < -0.4 is 0 Å². The SMILES string of the molecule is CB(O)N1CCCC1c1cccc(CN2CCOCC2)c1. The van der Waals surface area contributed by atoms with Crippen molar-refractivity contribution in [1.82, 2.24) is 9.71 Å². The van der Waals surface area contributed by atoms with E-state index in [0.29, 0.717) is 6.04 Å². The van der Waals surface area contributed by atoms with E-state index in [2.05, 4.69) is 34.0 Å². The Morgan fingerprint density at radius 1 is 1.29 bits per heavy atom.